The molecule has 1 N–H and O–H groups in total. The van der Waals surface area contributed by atoms with Crippen molar-refractivity contribution in [1.82, 2.24) is 0 Å². The third kappa shape index (κ3) is 12.8. The molecule has 0 heterocycles. The number of benzene rings is 3. The second-order valence-corrected chi connectivity index (χ2v) is 19.1. The van der Waals surface area contributed by atoms with E-state index in [1.807, 2.05) is 18.2 Å². The predicted octanol–water partition coefficient (Wildman–Crippen LogP) is 11.4. The molecule has 5 unspecified atom stereocenters. The summed E-state index contributed by atoms with van der Waals surface area (Å²) in [4.78, 5) is 0. The van der Waals surface area contributed by atoms with Gasteiger partial charge in [0.2, 0.25) is 0 Å². The molecule has 3 nitrogen and oxygen atoms in total. The lowest BCUT2D eigenvalue weighted by Gasteiger charge is -2.40. The van der Waals surface area contributed by atoms with E-state index >= 15 is 0 Å². The van der Waals surface area contributed by atoms with Gasteiger partial charge in [-0.05, 0) is 85.3 Å². The molecule has 3 rings (SSSR count). The van der Waals surface area contributed by atoms with E-state index in [9.17, 15) is 5.11 Å². The Labute approximate surface area is 294 Å². The molecule has 0 aliphatic heterocycles. The normalized spacial score (nSPS) is 15.5. The first-order valence-corrected chi connectivity index (χ1v) is 21.5. The van der Waals surface area contributed by atoms with Crippen molar-refractivity contribution in [3.63, 3.8) is 0 Å². The molecular formula is C44H62O3Si. The summed E-state index contributed by atoms with van der Waals surface area (Å²) in [6.45, 7) is 18.0. The van der Waals surface area contributed by atoms with E-state index in [4.69, 9.17) is 9.16 Å². The first kappa shape index (κ1) is 39.5. The summed E-state index contributed by atoms with van der Waals surface area (Å²) in [6.07, 6.45) is 9.18. The van der Waals surface area contributed by atoms with Crippen LogP contribution in [0.5, 0.6) is 0 Å². The Kier molecular flexibility index (Phi) is 16.4. The number of hydrogen-bond donors (Lipinski definition) is 1. The molecular weight excluding hydrogens is 605 g/mol. The Hall–Kier alpha value is -2.94. The smallest absolute Gasteiger partial charge is 0.190 e. The standard InChI is InChI=1S/C44H62O3Si/c1-9-10-32-48(7,8)47-43(31-28-36(4)26-29-42(45)30-27-37(5)34-38(6)33-35(2)3)46-44(39-20-14-11-15-21-39,40-22-16-12-17-23-40)41-24-18-13-19-25-41/h11-25,28,31,35-38,42-43,45H,9-10,26,29,32-34H2,1-8H3. The Bertz CT molecular complexity index is 1290. The van der Waals surface area contributed by atoms with E-state index < -0.39 is 26.3 Å². The highest BCUT2D eigenvalue weighted by molar-refractivity contribution is 6.71. The van der Waals surface area contributed by atoms with E-state index in [2.05, 4.69) is 151 Å². The lowest BCUT2D eigenvalue weighted by molar-refractivity contribution is -0.121. The fraction of sp³-hybridized carbons (Fsp3) is 0.500. The van der Waals surface area contributed by atoms with Gasteiger partial charge in [-0.3, -0.25) is 0 Å². The van der Waals surface area contributed by atoms with Crippen molar-refractivity contribution in [2.45, 2.75) is 117 Å². The fourth-order valence-electron chi connectivity index (χ4n) is 6.65. The summed E-state index contributed by atoms with van der Waals surface area (Å²) >= 11 is 0. The minimum atomic E-state index is -2.08. The van der Waals surface area contributed by atoms with E-state index in [-0.39, 0.29) is 5.92 Å². The van der Waals surface area contributed by atoms with Crippen molar-refractivity contribution in [2.24, 2.45) is 23.7 Å². The maximum atomic E-state index is 10.7. The van der Waals surface area contributed by atoms with Crippen LogP contribution in [0.15, 0.2) is 103 Å². The molecule has 0 amide bonds. The summed E-state index contributed by atoms with van der Waals surface area (Å²) in [6, 6.07) is 32.6. The van der Waals surface area contributed by atoms with Gasteiger partial charge in [0, 0.05) is 5.92 Å². The summed E-state index contributed by atoms with van der Waals surface area (Å²) in [5.41, 5.74) is 2.28. The first-order chi connectivity index (χ1) is 22.9. The van der Waals surface area contributed by atoms with Crippen LogP contribution in [0.2, 0.25) is 19.1 Å². The van der Waals surface area contributed by atoms with Crippen LogP contribution in [0.3, 0.4) is 0 Å². The summed E-state index contributed by atoms with van der Waals surface area (Å²) in [5.74, 6) is 8.32. The molecule has 0 aliphatic carbocycles. The van der Waals surface area contributed by atoms with Crippen LogP contribution in [-0.2, 0) is 14.8 Å². The van der Waals surface area contributed by atoms with Gasteiger partial charge in [0.15, 0.2) is 14.6 Å². The minimum absolute atomic E-state index is 0.222. The number of rotatable bonds is 19. The van der Waals surface area contributed by atoms with Crippen molar-refractivity contribution in [3.8, 4) is 11.8 Å². The van der Waals surface area contributed by atoms with Gasteiger partial charge in [-0.2, -0.15) is 0 Å². The van der Waals surface area contributed by atoms with Crippen LogP contribution < -0.4 is 0 Å². The zero-order chi connectivity index (χ0) is 35.0. The second-order valence-electron chi connectivity index (χ2n) is 14.9. The maximum absolute atomic E-state index is 10.7. The molecule has 3 aromatic rings. The SMILES string of the molecule is CCCC[Si](C)(C)OC(C=CC(C)CCC(O)C#CC(C)CC(C)CC(C)C)OC(c1ccccc1)(c1ccccc1)c1ccccc1. The molecule has 5 atom stereocenters. The van der Waals surface area contributed by atoms with Crippen molar-refractivity contribution < 1.29 is 14.3 Å². The van der Waals surface area contributed by atoms with Crippen LogP contribution in [-0.4, -0.2) is 25.8 Å². The Morgan fingerprint density at radius 1 is 0.729 bits per heavy atom. The average Bonchev–Trinajstić information content (AvgIpc) is 3.07. The van der Waals surface area contributed by atoms with E-state index in [0.29, 0.717) is 24.2 Å². The number of unbranched alkanes of at least 4 members (excludes halogenated alkanes) is 1. The van der Waals surface area contributed by atoms with Crippen molar-refractivity contribution in [1.29, 1.82) is 0 Å². The topological polar surface area (TPSA) is 38.7 Å². The Balaban J connectivity index is 1.88. The molecule has 48 heavy (non-hydrogen) atoms. The molecule has 3 aromatic carbocycles. The van der Waals surface area contributed by atoms with Crippen LogP contribution in [0.25, 0.3) is 0 Å². The van der Waals surface area contributed by atoms with Gasteiger partial charge in [0.25, 0.3) is 0 Å². The summed E-state index contributed by atoms with van der Waals surface area (Å²) < 4.78 is 14.4. The zero-order valence-electron chi connectivity index (χ0n) is 31.0. The molecule has 0 spiro atoms. The van der Waals surface area contributed by atoms with Gasteiger partial charge < -0.3 is 14.3 Å². The van der Waals surface area contributed by atoms with E-state index in [1.54, 1.807) is 0 Å². The fourth-order valence-corrected chi connectivity index (χ4v) is 8.73. The van der Waals surface area contributed by atoms with Crippen LogP contribution in [0.4, 0.5) is 0 Å². The van der Waals surface area contributed by atoms with Gasteiger partial charge in [0.05, 0.1) is 0 Å². The molecule has 0 saturated heterocycles. The lowest BCUT2D eigenvalue weighted by atomic mass is 9.80. The van der Waals surface area contributed by atoms with Gasteiger partial charge in [-0.1, -0.05) is 163 Å². The van der Waals surface area contributed by atoms with Crippen LogP contribution in [0, 0.1) is 35.5 Å². The largest absolute Gasteiger partial charge is 0.390 e. The Morgan fingerprint density at radius 2 is 1.25 bits per heavy atom. The van der Waals surface area contributed by atoms with Gasteiger partial charge >= 0.3 is 0 Å². The zero-order valence-corrected chi connectivity index (χ0v) is 32.0. The number of ether oxygens (including phenoxy) is 1. The monoisotopic (exact) mass is 666 g/mol. The summed E-state index contributed by atoms with van der Waals surface area (Å²) in [5, 5.41) is 10.7. The van der Waals surface area contributed by atoms with Gasteiger partial charge in [0.1, 0.15) is 11.7 Å². The highest BCUT2D eigenvalue weighted by Crippen LogP contribution is 2.42. The molecule has 0 aromatic heterocycles. The number of hydrogen-bond acceptors (Lipinski definition) is 3. The number of allylic oxidation sites excluding steroid dienone is 1. The molecule has 4 heteroatoms. The van der Waals surface area contributed by atoms with Crippen molar-refractivity contribution in [3.05, 3.63) is 120 Å². The Morgan fingerprint density at radius 3 is 1.73 bits per heavy atom. The number of aliphatic hydroxyl groups excluding tert-OH is 1. The highest BCUT2D eigenvalue weighted by Gasteiger charge is 2.41. The predicted molar refractivity (Wildman–Crippen MR) is 206 cm³/mol. The minimum Gasteiger partial charge on any atom is -0.390 e. The molecule has 0 bridgehead atoms. The molecule has 0 aliphatic rings. The first-order valence-electron chi connectivity index (χ1n) is 18.3. The molecule has 0 radical (unpaired) electrons. The quantitative estimate of drug-likeness (QED) is 0.0455. The van der Waals surface area contributed by atoms with Crippen molar-refractivity contribution in [2.75, 3.05) is 0 Å². The van der Waals surface area contributed by atoms with E-state index in [0.717, 1.165) is 48.4 Å². The average molecular weight is 667 g/mol. The maximum Gasteiger partial charge on any atom is 0.190 e. The van der Waals surface area contributed by atoms with Crippen molar-refractivity contribution >= 4 is 8.32 Å². The van der Waals surface area contributed by atoms with E-state index in [1.165, 1.54) is 6.42 Å². The van der Waals surface area contributed by atoms with Crippen LogP contribution >= 0.6 is 0 Å². The second kappa shape index (κ2) is 19.9. The number of aliphatic hydroxyl groups is 1. The highest BCUT2D eigenvalue weighted by atomic mass is 28.4. The lowest BCUT2D eigenvalue weighted by Crippen LogP contribution is -2.42. The summed E-state index contributed by atoms with van der Waals surface area (Å²) in [7, 11) is -2.08. The third-order valence-electron chi connectivity index (χ3n) is 9.02. The third-order valence-corrected chi connectivity index (χ3v) is 11.4. The molecule has 0 saturated carbocycles. The molecule has 260 valence electrons. The van der Waals surface area contributed by atoms with Gasteiger partial charge in [-0.25, -0.2) is 0 Å². The van der Waals surface area contributed by atoms with Crippen LogP contribution in [0.1, 0.15) is 96.8 Å². The van der Waals surface area contributed by atoms with Gasteiger partial charge in [-0.15, -0.1) is 0 Å². The molecule has 0 fully saturated rings.